The van der Waals surface area contributed by atoms with Gasteiger partial charge in [0.05, 0.1) is 0 Å². The predicted molar refractivity (Wildman–Crippen MR) is 74.2 cm³/mol. The van der Waals surface area contributed by atoms with Crippen molar-refractivity contribution in [3.8, 4) is 0 Å². The van der Waals surface area contributed by atoms with Gasteiger partial charge in [-0.1, -0.05) is 27.7 Å². The molecule has 1 heterocycles. The van der Waals surface area contributed by atoms with Gasteiger partial charge in [-0.2, -0.15) is 0 Å². The van der Waals surface area contributed by atoms with Crippen LogP contribution >= 0.6 is 0 Å². The molecule has 1 aliphatic heterocycles. The normalized spacial score (nSPS) is 37.6. The minimum atomic E-state index is 0.555. The van der Waals surface area contributed by atoms with Crippen molar-refractivity contribution in [1.82, 2.24) is 10.2 Å². The summed E-state index contributed by atoms with van der Waals surface area (Å²) in [6, 6.07) is 1.61. The summed E-state index contributed by atoms with van der Waals surface area (Å²) in [5, 5.41) is 3.57. The average Bonchev–Trinajstić information content (AvgIpc) is 2.55. The highest BCUT2D eigenvalue weighted by molar-refractivity contribution is 4.95. The highest BCUT2D eigenvalue weighted by atomic mass is 15.2. The first-order chi connectivity index (χ1) is 8.03. The molecule has 3 unspecified atom stereocenters. The van der Waals surface area contributed by atoms with Crippen molar-refractivity contribution < 1.29 is 0 Å². The number of likely N-dealkylation sites (N-methyl/N-ethyl adjacent to an activating group) is 1. The molecule has 0 radical (unpaired) electrons. The highest BCUT2D eigenvalue weighted by Gasteiger charge is 2.41. The van der Waals surface area contributed by atoms with Crippen LogP contribution in [0.3, 0.4) is 0 Å². The maximum absolute atomic E-state index is 3.57. The maximum atomic E-state index is 3.57. The van der Waals surface area contributed by atoms with Gasteiger partial charge < -0.3 is 5.32 Å². The summed E-state index contributed by atoms with van der Waals surface area (Å²) in [7, 11) is 0. The van der Waals surface area contributed by atoms with Crippen LogP contribution in [0.15, 0.2) is 0 Å². The minimum Gasteiger partial charge on any atom is -0.315 e. The van der Waals surface area contributed by atoms with Crippen molar-refractivity contribution in [3.63, 3.8) is 0 Å². The van der Waals surface area contributed by atoms with E-state index in [4.69, 9.17) is 0 Å². The zero-order valence-corrected chi connectivity index (χ0v) is 12.1. The SMILES string of the molecule is CCN(C1CCCNC1)C1CC(C)(C)CC1C. The molecule has 1 aliphatic carbocycles. The molecule has 100 valence electrons. The molecule has 0 aromatic carbocycles. The third-order valence-electron chi connectivity index (χ3n) is 4.82. The Morgan fingerprint density at radius 2 is 2.06 bits per heavy atom. The Balaban J connectivity index is 2.02. The zero-order chi connectivity index (χ0) is 12.5. The lowest BCUT2D eigenvalue weighted by Gasteiger charge is -2.40. The lowest BCUT2D eigenvalue weighted by molar-refractivity contribution is 0.0960. The molecular weight excluding hydrogens is 208 g/mol. The summed E-state index contributed by atoms with van der Waals surface area (Å²) >= 11 is 0. The maximum Gasteiger partial charge on any atom is 0.0224 e. The Morgan fingerprint density at radius 1 is 1.29 bits per heavy atom. The first kappa shape index (κ1) is 13.4. The van der Waals surface area contributed by atoms with Crippen molar-refractivity contribution in [2.75, 3.05) is 19.6 Å². The number of nitrogens with zero attached hydrogens (tertiary/aromatic N) is 1. The molecule has 0 aromatic rings. The van der Waals surface area contributed by atoms with Gasteiger partial charge in [0.25, 0.3) is 0 Å². The molecule has 2 heteroatoms. The summed E-state index contributed by atoms with van der Waals surface area (Å²) in [6.07, 6.45) is 5.53. The second kappa shape index (κ2) is 5.27. The number of nitrogens with one attached hydrogen (secondary N) is 1. The Morgan fingerprint density at radius 3 is 2.53 bits per heavy atom. The third kappa shape index (κ3) is 3.03. The van der Waals surface area contributed by atoms with Crippen LogP contribution in [-0.4, -0.2) is 36.6 Å². The molecule has 1 saturated carbocycles. The highest BCUT2D eigenvalue weighted by Crippen LogP contribution is 2.43. The topological polar surface area (TPSA) is 15.3 Å². The van der Waals surface area contributed by atoms with E-state index in [9.17, 15) is 0 Å². The van der Waals surface area contributed by atoms with Gasteiger partial charge in [-0.05, 0) is 50.1 Å². The Labute approximate surface area is 107 Å². The van der Waals surface area contributed by atoms with Crippen molar-refractivity contribution in [2.45, 2.75) is 65.5 Å². The van der Waals surface area contributed by atoms with Crippen LogP contribution in [0.2, 0.25) is 0 Å². The van der Waals surface area contributed by atoms with E-state index in [0.717, 1.165) is 18.0 Å². The van der Waals surface area contributed by atoms with Gasteiger partial charge in [0.15, 0.2) is 0 Å². The summed E-state index contributed by atoms with van der Waals surface area (Å²) in [5.41, 5.74) is 0.555. The Bertz CT molecular complexity index is 243. The molecule has 2 nitrogen and oxygen atoms in total. The molecule has 17 heavy (non-hydrogen) atoms. The monoisotopic (exact) mass is 238 g/mol. The van der Waals surface area contributed by atoms with Crippen LogP contribution in [0.4, 0.5) is 0 Å². The van der Waals surface area contributed by atoms with Gasteiger partial charge >= 0.3 is 0 Å². The molecule has 0 aromatic heterocycles. The van der Waals surface area contributed by atoms with Gasteiger partial charge in [0.1, 0.15) is 0 Å². The van der Waals surface area contributed by atoms with Crippen LogP contribution in [0.5, 0.6) is 0 Å². The van der Waals surface area contributed by atoms with Gasteiger partial charge in [-0.25, -0.2) is 0 Å². The fraction of sp³-hybridized carbons (Fsp3) is 1.00. The lowest BCUT2D eigenvalue weighted by atomic mass is 9.91. The lowest BCUT2D eigenvalue weighted by Crippen LogP contribution is -2.51. The van der Waals surface area contributed by atoms with Crippen molar-refractivity contribution in [2.24, 2.45) is 11.3 Å². The van der Waals surface area contributed by atoms with Crippen LogP contribution in [0, 0.1) is 11.3 Å². The fourth-order valence-electron chi connectivity index (χ4n) is 4.18. The van der Waals surface area contributed by atoms with E-state index in [2.05, 4.69) is 37.9 Å². The Hall–Kier alpha value is -0.0800. The molecule has 0 amide bonds. The summed E-state index contributed by atoms with van der Waals surface area (Å²) in [4.78, 5) is 2.80. The third-order valence-corrected chi connectivity index (χ3v) is 4.82. The first-order valence-corrected chi connectivity index (χ1v) is 7.50. The minimum absolute atomic E-state index is 0.555. The van der Waals surface area contributed by atoms with E-state index in [1.54, 1.807) is 0 Å². The summed E-state index contributed by atoms with van der Waals surface area (Å²) in [6.45, 7) is 13.3. The summed E-state index contributed by atoms with van der Waals surface area (Å²) < 4.78 is 0. The van der Waals surface area contributed by atoms with Crippen molar-refractivity contribution >= 4 is 0 Å². The van der Waals surface area contributed by atoms with E-state index in [1.165, 1.54) is 45.3 Å². The fourth-order valence-corrected chi connectivity index (χ4v) is 4.18. The molecule has 2 aliphatic rings. The van der Waals surface area contributed by atoms with Gasteiger partial charge in [0, 0.05) is 18.6 Å². The quantitative estimate of drug-likeness (QED) is 0.813. The smallest absolute Gasteiger partial charge is 0.0224 e. The molecular formula is C15H30N2. The van der Waals surface area contributed by atoms with Gasteiger partial charge in [0.2, 0.25) is 0 Å². The molecule has 1 N–H and O–H groups in total. The first-order valence-electron chi connectivity index (χ1n) is 7.50. The molecule has 2 rings (SSSR count). The van der Waals surface area contributed by atoms with Gasteiger partial charge in [-0.15, -0.1) is 0 Å². The second-order valence-corrected chi connectivity index (χ2v) is 6.95. The number of piperidine rings is 1. The largest absolute Gasteiger partial charge is 0.315 e. The molecule has 1 saturated heterocycles. The standard InChI is InChI=1S/C15H30N2/c1-5-17(13-7-6-8-16-11-13)14-10-15(3,4)9-12(14)2/h12-14,16H,5-11H2,1-4H3. The second-order valence-electron chi connectivity index (χ2n) is 6.95. The molecule has 2 fully saturated rings. The number of hydrogen-bond donors (Lipinski definition) is 1. The van der Waals surface area contributed by atoms with E-state index < -0.39 is 0 Å². The Kier molecular flexibility index (Phi) is 4.14. The average molecular weight is 238 g/mol. The number of rotatable bonds is 3. The van der Waals surface area contributed by atoms with Crippen LogP contribution in [-0.2, 0) is 0 Å². The molecule has 0 bridgehead atoms. The van der Waals surface area contributed by atoms with Crippen molar-refractivity contribution in [3.05, 3.63) is 0 Å². The van der Waals surface area contributed by atoms with E-state index in [-0.39, 0.29) is 0 Å². The van der Waals surface area contributed by atoms with Crippen LogP contribution in [0.1, 0.15) is 53.4 Å². The van der Waals surface area contributed by atoms with Crippen LogP contribution < -0.4 is 5.32 Å². The van der Waals surface area contributed by atoms with Gasteiger partial charge in [-0.3, -0.25) is 4.90 Å². The van der Waals surface area contributed by atoms with E-state index in [1.807, 2.05) is 0 Å². The van der Waals surface area contributed by atoms with E-state index in [0.29, 0.717) is 5.41 Å². The zero-order valence-electron chi connectivity index (χ0n) is 12.1. The molecule has 0 spiro atoms. The summed E-state index contributed by atoms with van der Waals surface area (Å²) in [5.74, 6) is 0.867. The molecule has 3 atom stereocenters. The predicted octanol–water partition coefficient (Wildman–Crippen LogP) is 2.89. The van der Waals surface area contributed by atoms with E-state index >= 15 is 0 Å². The van der Waals surface area contributed by atoms with Crippen LogP contribution in [0.25, 0.3) is 0 Å². The van der Waals surface area contributed by atoms with Crippen molar-refractivity contribution in [1.29, 1.82) is 0 Å². The number of hydrogen-bond acceptors (Lipinski definition) is 2.